The molecular formula is C22H23F3N2O5S. The van der Waals surface area contributed by atoms with Gasteiger partial charge in [-0.3, -0.25) is 4.79 Å². The average molecular weight is 484 g/mol. The first-order valence-electron chi connectivity index (χ1n) is 10.1. The van der Waals surface area contributed by atoms with Crippen molar-refractivity contribution in [1.29, 1.82) is 0 Å². The molecule has 0 radical (unpaired) electrons. The lowest BCUT2D eigenvalue weighted by atomic mass is 9.95. The Bertz CT molecular complexity index is 1040. The lowest BCUT2D eigenvalue weighted by Crippen LogP contribution is -2.69. The fraction of sp³-hybridized carbons (Fsp3) is 0.409. The second-order valence-corrected chi connectivity index (χ2v) is 8.59. The van der Waals surface area contributed by atoms with Gasteiger partial charge in [0.25, 0.3) is 0 Å². The SMILES string of the molecule is COC(=O)c1c(N[C@@](NC(=O)Cc2ccccc2)(C(=O)OC)C(F)(F)F)sc2c1CCCC2. The number of fused-ring (bicyclic) bond motifs is 1. The van der Waals surface area contributed by atoms with Gasteiger partial charge in [0, 0.05) is 4.88 Å². The number of anilines is 1. The topological polar surface area (TPSA) is 93.7 Å². The summed E-state index contributed by atoms with van der Waals surface area (Å²) in [5, 5.41) is 3.70. The molecule has 1 aliphatic carbocycles. The molecule has 1 atom stereocenters. The molecule has 11 heteroatoms. The molecule has 1 amide bonds. The van der Waals surface area contributed by atoms with Gasteiger partial charge in [-0.05, 0) is 36.8 Å². The van der Waals surface area contributed by atoms with Crippen LogP contribution < -0.4 is 10.6 Å². The lowest BCUT2D eigenvalue weighted by Gasteiger charge is -2.34. The third kappa shape index (κ3) is 4.97. The maximum absolute atomic E-state index is 14.4. The number of carbonyl (C=O) groups is 3. The maximum atomic E-state index is 14.4. The van der Waals surface area contributed by atoms with Crippen LogP contribution in [0.5, 0.6) is 0 Å². The zero-order valence-electron chi connectivity index (χ0n) is 18.0. The molecule has 0 fully saturated rings. The van der Waals surface area contributed by atoms with Crippen LogP contribution in [-0.2, 0) is 38.3 Å². The number of halogens is 3. The number of rotatable bonds is 7. The smallest absolute Gasteiger partial charge is 0.441 e. The number of hydrogen-bond donors (Lipinski definition) is 2. The minimum Gasteiger partial charge on any atom is -0.466 e. The van der Waals surface area contributed by atoms with Crippen LogP contribution in [0.15, 0.2) is 30.3 Å². The third-order valence-corrected chi connectivity index (χ3v) is 6.52. The fourth-order valence-corrected chi connectivity index (χ4v) is 5.05. The van der Waals surface area contributed by atoms with E-state index in [1.807, 2.05) is 0 Å². The average Bonchev–Trinajstić information content (AvgIpc) is 3.15. The Labute approximate surface area is 192 Å². The molecule has 1 aromatic carbocycles. The summed E-state index contributed by atoms with van der Waals surface area (Å²) in [6.07, 6.45) is -3.03. The molecule has 0 unspecified atom stereocenters. The highest BCUT2D eigenvalue weighted by atomic mass is 32.1. The first-order chi connectivity index (χ1) is 15.6. The van der Waals surface area contributed by atoms with Gasteiger partial charge in [-0.25, -0.2) is 9.59 Å². The minimum atomic E-state index is -5.30. The zero-order chi connectivity index (χ0) is 24.2. The Balaban J connectivity index is 2.05. The molecule has 0 spiro atoms. The van der Waals surface area contributed by atoms with Gasteiger partial charge in [0.2, 0.25) is 5.91 Å². The monoisotopic (exact) mass is 484 g/mol. The number of benzene rings is 1. The van der Waals surface area contributed by atoms with Crippen LogP contribution in [0.25, 0.3) is 0 Å². The number of nitrogens with one attached hydrogen (secondary N) is 2. The number of methoxy groups -OCH3 is 2. The second-order valence-electron chi connectivity index (χ2n) is 7.48. The normalized spacial score (nSPS) is 15.1. The molecule has 0 saturated carbocycles. The van der Waals surface area contributed by atoms with E-state index in [0.717, 1.165) is 43.3 Å². The van der Waals surface area contributed by atoms with Crippen molar-refractivity contribution in [3.05, 3.63) is 51.9 Å². The Hall–Kier alpha value is -3.08. The molecule has 0 saturated heterocycles. The Morgan fingerprint density at radius 3 is 2.30 bits per heavy atom. The largest absolute Gasteiger partial charge is 0.466 e. The highest BCUT2D eigenvalue weighted by Gasteiger charge is 2.64. The molecule has 0 aliphatic heterocycles. The van der Waals surface area contributed by atoms with Crippen molar-refractivity contribution in [2.24, 2.45) is 0 Å². The van der Waals surface area contributed by atoms with Crippen molar-refractivity contribution in [3.63, 3.8) is 0 Å². The van der Waals surface area contributed by atoms with E-state index in [9.17, 15) is 27.6 Å². The van der Waals surface area contributed by atoms with Gasteiger partial charge in [-0.15, -0.1) is 11.3 Å². The molecule has 178 valence electrons. The van der Waals surface area contributed by atoms with Gasteiger partial charge in [0.05, 0.1) is 26.2 Å². The van der Waals surface area contributed by atoms with Crippen LogP contribution in [0.4, 0.5) is 18.2 Å². The lowest BCUT2D eigenvalue weighted by molar-refractivity contribution is -0.206. The highest BCUT2D eigenvalue weighted by Crippen LogP contribution is 2.42. The minimum absolute atomic E-state index is 0.0629. The fourth-order valence-electron chi connectivity index (χ4n) is 3.72. The summed E-state index contributed by atoms with van der Waals surface area (Å²) in [7, 11) is 1.91. The number of hydrogen-bond acceptors (Lipinski definition) is 7. The van der Waals surface area contributed by atoms with Crippen LogP contribution in [0.1, 0.15) is 39.2 Å². The van der Waals surface area contributed by atoms with Gasteiger partial charge in [0.15, 0.2) is 0 Å². The zero-order valence-corrected chi connectivity index (χ0v) is 18.8. The molecule has 0 bridgehead atoms. The van der Waals surface area contributed by atoms with E-state index in [4.69, 9.17) is 4.74 Å². The van der Waals surface area contributed by atoms with E-state index < -0.39 is 36.1 Å². The van der Waals surface area contributed by atoms with Crippen molar-refractivity contribution in [2.75, 3.05) is 19.5 Å². The van der Waals surface area contributed by atoms with E-state index in [1.165, 1.54) is 0 Å². The van der Waals surface area contributed by atoms with E-state index in [2.05, 4.69) is 10.1 Å². The predicted octanol–water partition coefficient (Wildman–Crippen LogP) is 3.62. The summed E-state index contributed by atoms with van der Waals surface area (Å²) in [6, 6.07) is 8.12. The maximum Gasteiger partial charge on any atom is 0.441 e. The molecule has 2 aromatic rings. The summed E-state index contributed by atoms with van der Waals surface area (Å²) >= 11 is 0.937. The Morgan fingerprint density at radius 1 is 1.03 bits per heavy atom. The van der Waals surface area contributed by atoms with Crippen LogP contribution in [-0.4, -0.2) is 43.9 Å². The van der Waals surface area contributed by atoms with Crippen LogP contribution >= 0.6 is 11.3 Å². The first-order valence-corrected chi connectivity index (χ1v) is 11.0. The third-order valence-electron chi connectivity index (χ3n) is 5.31. The number of thiophene rings is 1. The van der Waals surface area contributed by atoms with E-state index in [-0.39, 0.29) is 10.6 Å². The van der Waals surface area contributed by atoms with E-state index >= 15 is 0 Å². The summed E-state index contributed by atoms with van der Waals surface area (Å²) in [4.78, 5) is 38.3. The first kappa shape index (κ1) is 24.6. The molecule has 3 rings (SSSR count). The quantitative estimate of drug-likeness (QED) is 0.461. The van der Waals surface area contributed by atoms with Crippen molar-refractivity contribution >= 4 is 34.2 Å². The Morgan fingerprint density at radius 2 is 1.70 bits per heavy atom. The molecule has 7 nitrogen and oxygen atoms in total. The van der Waals surface area contributed by atoms with Crippen molar-refractivity contribution in [3.8, 4) is 0 Å². The van der Waals surface area contributed by atoms with Gasteiger partial charge in [-0.1, -0.05) is 30.3 Å². The number of carbonyl (C=O) groups excluding carboxylic acids is 3. The summed E-state index contributed by atoms with van der Waals surface area (Å²) in [5.41, 5.74) is -2.62. The van der Waals surface area contributed by atoms with Crippen LogP contribution in [0, 0.1) is 0 Å². The second kappa shape index (κ2) is 9.82. The molecule has 1 aromatic heterocycles. The van der Waals surface area contributed by atoms with E-state index in [0.29, 0.717) is 24.0 Å². The van der Waals surface area contributed by atoms with Crippen molar-refractivity contribution in [1.82, 2.24) is 5.32 Å². The van der Waals surface area contributed by atoms with Gasteiger partial charge >= 0.3 is 23.8 Å². The molecule has 33 heavy (non-hydrogen) atoms. The van der Waals surface area contributed by atoms with Gasteiger partial charge < -0.3 is 20.1 Å². The van der Waals surface area contributed by atoms with E-state index in [1.54, 1.807) is 35.6 Å². The van der Waals surface area contributed by atoms with Crippen LogP contribution in [0.2, 0.25) is 0 Å². The molecule has 1 aliphatic rings. The number of esters is 2. The number of alkyl halides is 3. The Kier molecular flexibility index (Phi) is 7.31. The summed E-state index contributed by atoms with van der Waals surface area (Å²) < 4.78 is 52.5. The number of ether oxygens (including phenoxy) is 2. The summed E-state index contributed by atoms with van der Waals surface area (Å²) in [5.74, 6) is -3.65. The standard InChI is InChI=1S/C22H23F3N2O5S/c1-31-19(29)17-14-10-6-7-11-15(14)33-18(17)27-21(20(30)32-2,22(23,24)25)26-16(28)12-13-8-4-3-5-9-13/h3-5,8-9,27H,6-7,10-12H2,1-2H3,(H,26,28)/t21-/m0/s1. The highest BCUT2D eigenvalue weighted by molar-refractivity contribution is 7.16. The number of aryl methyl sites for hydroxylation is 1. The number of amides is 1. The molecule has 2 N–H and O–H groups in total. The van der Waals surface area contributed by atoms with Crippen LogP contribution in [0.3, 0.4) is 0 Å². The van der Waals surface area contributed by atoms with Gasteiger partial charge in [-0.2, -0.15) is 13.2 Å². The summed E-state index contributed by atoms with van der Waals surface area (Å²) in [6.45, 7) is 0. The van der Waals surface area contributed by atoms with Crippen molar-refractivity contribution < 1.29 is 37.0 Å². The van der Waals surface area contributed by atoms with Gasteiger partial charge in [0.1, 0.15) is 5.00 Å². The predicted molar refractivity (Wildman–Crippen MR) is 115 cm³/mol. The van der Waals surface area contributed by atoms with Crippen molar-refractivity contribution in [2.45, 2.75) is 43.9 Å². The molecular weight excluding hydrogens is 461 g/mol. The molecule has 1 heterocycles.